The van der Waals surface area contributed by atoms with E-state index in [1.165, 1.54) is 19.1 Å². The second-order valence-corrected chi connectivity index (χ2v) is 6.49. The number of carbonyl (C=O) groups excluding carboxylic acids is 1. The average molecular weight is 358 g/mol. The summed E-state index contributed by atoms with van der Waals surface area (Å²) in [5.74, 6) is 0.700. The molecule has 1 aromatic heterocycles. The van der Waals surface area contributed by atoms with Gasteiger partial charge in [0.25, 0.3) is 0 Å². The van der Waals surface area contributed by atoms with Crippen molar-refractivity contribution in [3.05, 3.63) is 53.7 Å². The van der Waals surface area contributed by atoms with Crippen LogP contribution in [0.4, 0.5) is 15.0 Å². The number of halogens is 1. The maximum absolute atomic E-state index is 15.0. The van der Waals surface area contributed by atoms with Crippen LogP contribution in [0.25, 0.3) is 0 Å². The number of nitrogens with zero attached hydrogens (tertiary/aromatic N) is 2. The molecule has 0 radical (unpaired) electrons. The van der Waals surface area contributed by atoms with E-state index in [1.54, 1.807) is 36.4 Å². The molecule has 1 aromatic carbocycles. The molecule has 1 aliphatic carbocycles. The number of ether oxygens (including phenoxy) is 3. The van der Waals surface area contributed by atoms with Crippen LogP contribution in [0.2, 0.25) is 0 Å². The first kappa shape index (κ1) is 16.9. The van der Waals surface area contributed by atoms with Crippen molar-refractivity contribution in [2.45, 2.75) is 30.8 Å². The maximum atomic E-state index is 15.0. The first-order valence-corrected chi connectivity index (χ1v) is 8.38. The van der Waals surface area contributed by atoms with Crippen LogP contribution in [0.15, 0.2) is 42.5 Å². The zero-order valence-electron chi connectivity index (χ0n) is 14.5. The van der Waals surface area contributed by atoms with Crippen LogP contribution < -0.4 is 9.64 Å². The lowest BCUT2D eigenvalue weighted by atomic mass is 9.69. The van der Waals surface area contributed by atoms with Crippen molar-refractivity contribution in [2.75, 3.05) is 19.1 Å². The topological polar surface area (TPSA) is 60.9 Å². The van der Waals surface area contributed by atoms with E-state index in [0.717, 1.165) is 0 Å². The van der Waals surface area contributed by atoms with Crippen molar-refractivity contribution < 1.29 is 23.4 Å². The summed E-state index contributed by atoms with van der Waals surface area (Å²) < 4.78 is 30.9. The number of hydrogen-bond acceptors (Lipinski definition) is 5. The summed E-state index contributed by atoms with van der Waals surface area (Å²) in [4.78, 5) is 18.7. The Bertz CT molecular complexity index is 820. The Balaban J connectivity index is 1.70. The van der Waals surface area contributed by atoms with Crippen molar-refractivity contribution in [1.29, 1.82) is 0 Å². The summed E-state index contributed by atoms with van der Waals surface area (Å²) in [7, 11) is 2.98. The SMILES string of the molecule is COC(OC)c1ccc2c(n1)N(C(=O)Oc1ccccc1)C1CC2(F)C1. The first-order valence-electron chi connectivity index (χ1n) is 8.38. The second-order valence-electron chi connectivity index (χ2n) is 6.49. The van der Waals surface area contributed by atoms with Gasteiger partial charge in [0.05, 0.1) is 5.69 Å². The van der Waals surface area contributed by atoms with E-state index in [-0.39, 0.29) is 24.7 Å². The van der Waals surface area contributed by atoms with E-state index in [0.29, 0.717) is 17.0 Å². The Labute approximate surface area is 150 Å². The number of amides is 1. The molecule has 0 N–H and O–H groups in total. The summed E-state index contributed by atoms with van der Waals surface area (Å²) in [6.45, 7) is 0. The fourth-order valence-corrected chi connectivity index (χ4v) is 3.60. The van der Waals surface area contributed by atoms with Crippen molar-refractivity contribution in [1.82, 2.24) is 4.98 Å². The summed E-state index contributed by atoms with van der Waals surface area (Å²) in [5, 5.41) is 0. The van der Waals surface area contributed by atoms with Crippen LogP contribution in [0.5, 0.6) is 5.75 Å². The van der Waals surface area contributed by atoms with E-state index in [2.05, 4.69) is 4.98 Å². The highest BCUT2D eigenvalue weighted by atomic mass is 19.1. The van der Waals surface area contributed by atoms with Gasteiger partial charge in [-0.3, -0.25) is 4.90 Å². The number of methoxy groups -OCH3 is 2. The van der Waals surface area contributed by atoms with E-state index >= 15 is 4.39 Å². The fraction of sp³-hybridized carbons (Fsp3) is 0.368. The highest BCUT2D eigenvalue weighted by Crippen LogP contribution is 2.55. The molecular formula is C19H19FN2O4. The summed E-state index contributed by atoms with van der Waals surface area (Å²) in [5.41, 5.74) is -0.569. The molecule has 3 heterocycles. The quantitative estimate of drug-likeness (QED) is 0.780. The Morgan fingerprint density at radius 2 is 1.88 bits per heavy atom. The molecule has 1 amide bonds. The third-order valence-corrected chi connectivity index (χ3v) is 4.91. The zero-order chi connectivity index (χ0) is 18.3. The Morgan fingerprint density at radius 1 is 1.19 bits per heavy atom. The minimum Gasteiger partial charge on any atom is -0.410 e. The van der Waals surface area contributed by atoms with Gasteiger partial charge in [0.2, 0.25) is 6.29 Å². The van der Waals surface area contributed by atoms with Gasteiger partial charge in [-0.25, -0.2) is 14.2 Å². The molecule has 26 heavy (non-hydrogen) atoms. The number of para-hydroxylation sites is 1. The Hall–Kier alpha value is -2.51. The molecular weight excluding hydrogens is 339 g/mol. The van der Waals surface area contributed by atoms with Crippen molar-refractivity contribution in [3.8, 4) is 5.75 Å². The van der Waals surface area contributed by atoms with Crippen molar-refractivity contribution >= 4 is 11.9 Å². The van der Waals surface area contributed by atoms with Gasteiger partial charge in [0, 0.05) is 38.7 Å². The average Bonchev–Trinajstić information content (AvgIpc) is 2.62. The molecule has 6 nitrogen and oxygen atoms in total. The minimum absolute atomic E-state index is 0.253. The lowest BCUT2D eigenvalue weighted by Crippen LogP contribution is -2.59. The molecule has 0 saturated heterocycles. The number of anilines is 1. The fourth-order valence-electron chi connectivity index (χ4n) is 3.60. The van der Waals surface area contributed by atoms with Gasteiger partial charge in [-0.15, -0.1) is 0 Å². The van der Waals surface area contributed by atoms with Gasteiger partial charge < -0.3 is 14.2 Å². The molecule has 0 atom stereocenters. The number of rotatable bonds is 4. The molecule has 2 aliphatic heterocycles. The molecule has 5 rings (SSSR count). The van der Waals surface area contributed by atoms with Crippen LogP contribution in [0, 0.1) is 0 Å². The van der Waals surface area contributed by atoms with Crippen LogP contribution in [-0.4, -0.2) is 31.3 Å². The number of carbonyl (C=O) groups is 1. The minimum atomic E-state index is -1.44. The monoisotopic (exact) mass is 358 g/mol. The molecule has 1 fully saturated rings. The lowest BCUT2D eigenvalue weighted by Gasteiger charge is -2.52. The van der Waals surface area contributed by atoms with E-state index in [9.17, 15) is 4.79 Å². The van der Waals surface area contributed by atoms with Gasteiger partial charge in [-0.1, -0.05) is 24.3 Å². The number of hydrogen-bond donors (Lipinski definition) is 0. The molecule has 3 aliphatic rings. The largest absolute Gasteiger partial charge is 0.421 e. The van der Waals surface area contributed by atoms with Gasteiger partial charge >= 0.3 is 6.09 Å². The standard InChI is InChI=1S/C19H19FN2O4/c1-24-17(25-2)15-9-8-14-16(21-15)22(12-10-19(14,20)11-12)18(23)26-13-6-4-3-5-7-13/h3-9,12,17H,10-11H2,1-2H3. The number of pyridine rings is 1. The molecule has 136 valence electrons. The normalized spacial score (nSPS) is 23.4. The summed E-state index contributed by atoms with van der Waals surface area (Å²) in [6.07, 6.45) is -0.757. The van der Waals surface area contributed by atoms with Crippen molar-refractivity contribution in [3.63, 3.8) is 0 Å². The number of benzene rings is 1. The predicted molar refractivity (Wildman–Crippen MR) is 91.7 cm³/mol. The third-order valence-electron chi connectivity index (χ3n) is 4.91. The maximum Gasteiger partial charge on any atom is 0.421 e. The van der Waals surface area contributed by atoms with Crippen LogP contribution in [-0.2, 0) is 15.1 Å². The molecule has 7 heteroatoms. The first-order chi connectivity index (χ1) is 12.6. The Morgan fingerprint density at radius 3 is 2.54 bits per heavy atom. The molecule has 0 unspecified atom stereocenters. The van der Waals surface area contributed by atoms with Gasteiger partial charge in [-0.05, 0) is 18.2 Å². The van der Waals surface area contributed by atoms with Crippen LogP contribution in [0.1, 0.15) is 30.4 Å². The van der Waals surface area contributed by atoms with E-state index in [1.807, 2.05) is 6.07 Å². The number of alkyl halides is 1. The van der Waals surface area contributed by atoms with Gasteiger partial charge in [-0.2, -0.15) is 0 Å². The van der Waals surface area contributed by atoms with E-state index < -0.39 is 18.1 Å². The van der Waals surface area contributed by atoms with Crippen LogP contribution >= 0.6 is 0 Å². The van der Waals surface area contributed by atoms with Gasteiger partial charge in [0.1, 0.15) is 17.2 Å². The smallest absolute Gasteiger partial charge is 0.410 e. The van der Waals surface area contributed by atoms with Gasteiger partial charge in [0.15, 0.2) is 0 Å². The zero-order valence-corrected chi connectivity index (χ0v) is 14.5. The predicted octanol–water partition coefficient (Wildman–Crippen LogP) is 3.72. The molecule has 1 saturated carbocycles. The van der Waals surface area contributed by atoms with E-state index in [4.69, 9.17) is 14.2 Å². The summed E-state index contributed by atoms with van der Waals surface area (Å²) in [6, 6.07) is 11.8. The Kier molecular flexibility index (Phi) is 4.13. The highest BCUT2D eigenvalue weighted by Gasteiger charge is 2.57. The summed E-state index contributed by atoms with van der Waals surface area (Å²) >= 11 is 0. The highest BCUT2D eigenvalue weighted by molar-refractivity contribution is 5.91. The third kappa shape index (κ3) is 2.64. The number of aromatic nitrogens is 1. The lowest BCUT2D eigenvalue weighted by molar-refractivity contribution is -0.108. The molecule has 2 bridgehead atoms. The van der Waals surface area contributed by atoms with Crippen molar-refractivity contribution in [2.24, 2.45) is 0 Å². The second kappa shape index (κ2) is 6.34. The van der Waals surface area contributed by atoms with Crippen LogP contribution in [0.3, 0.4) is 0 Å². The molecule has 0 spiro atoms. The molecule has 2 aromatic rings.